The van der Waals surface area contributed by atoms with Crippen molar-refractivity contribution in [1.29, 1.82) is 5.26 Å². The quantitative estimate of drug-likeness (QED) is 0.374. The predicted molar refractivity (Wildman–Crippen MR) is 131 cm³/mol. The first-order valence-corrected chi connectivity index (χ1v) is 12.7. The number of hydrogen-bond donors (Lipinski definition) is 4. The first-order chi connectivity index (χ1) is 17.8. The van der Waals surface area contributed by atoms with E-state index in [-0.39, 0.29) is 30.3 Å². The molecular weight excluding hydrogens is 485 g/mol. The number of nitrogens with one attached hydrogen (secondary N) is 3. The first-order valence-electron chi connectivity index (χ1n) is 12.7. The van der Waals surface area contributed by atoms with Gasteiger partial charge in [0.05, 0.1) is 12.8 Å². The fourth-order valence-corrected chi connectivity index (χ4v) is 6.98. The van der Waals surface area contributed by atoms with Gasteiger partial charge in [-0.05, 0) is 61.3 Å². The van der Waals surface area contributed by atoms with Crippen LogP contribution in [0.1, 0.15) is 43.2 Å². The molecule has 1 aromatic carbocycles. The number of aliphatic hydroxyl groups is 1. The molecule has 4 fully saturated rings. The zero-order valence-corrected chi connectivity index (χ0v) is 20.4. The van der Waals surface area contributed by atoms with Gasteiger partial charge in [0.1, 0.15) is 23.2 Å². The van der Waals surface area contributed by atoms with E-state index in [0.29, 0.717) is 53.8 Å². The number of para-hydroxylation sites is 1. The van der Waals surface area contributed by atoms with Crippen molar-refractivity contribution < 1.29 is 23.0 Å². The monoisotopic (exact) mass is 516 g/mol. The van der Waals surface area contributed by atoms with Gasteiger partial charge in [0, 0.05) is 31.2 Å². The molecule has 4 bridgehead atoms. The van der Waals surface area contributed by atoms with Crippen molar-refractivity contribution in [3.63, 3.8) is 0 Å². The van der Waals surface area contributed by atoms with Gasteiger partial charge in [0.2, 0.25) is 5.95 Å². The molecule has 1 heterocycles. The molecule has 8 nitrogen and oxygen atoms in total. The lowest BCUT2D eigenvalue weighted by Crippen LogP contribution is -2.60. The molecule has 0 aliphatic heterocycles. The molecule has 0 saturated heterocycles. The van der Waals surface area contributed by atoms with Crippen molar-refractivity contribution in [2.24, 2.45) is 23.2 Å². The summed E-state index contributed by atoms with van der Waals surface area (Å²) >= 11 is 0. The van der Waals surface area contributed by atoms with Crippen LogP contribution in [0.25, 0.3) is 0 Å². The number of alkyl halides is 3. The lowest BCUT2D eigenvalue weighted by Gasteiger charge is -2.60. The van der Waals surface area contributed by atoms with E-state index >= 15 is 0 Å². The highest BCUT2D eigenvalue weighted by Crippen LogP contribution is 2.60. The number of rotatable bonds is 10. The standard InChI is InChI=1S/C26H31F3N6O2/c27-26(28,29)37-21-4-2-1-3-17(21)13-32-24-33-14-20(12-30)23(35-24)34-15-25-9-16-7-18(10-25)22(31-5-6-36)19(8-16)11-25/h1-4,14,16,18-19,22,31,36H,5-11,13,15H2,(H2,32,33,34,35)/t16?,18-,19+,22+,25-. The SMILES string of the molecule is N#Cc1cnc(NCc2ccccc2OC(F)(F)F)nc1NC[C@]12CC3C[C@H](C1)[C@H](NCCO)[C@@H](C3)C2. The van der Waals surface area contributed by atoms with E-state index < -0.39 is 6.36 Å². The Morgan fingerprint density at radius 2 is 1.89 bits per heavy atom. The Bertz CT molecular complexity index is 1140. The van der Waals surface area contributed by atoms with Crippen LogP contribution in [0.15, 0.2) is 30.5 Å². The summed E-state index contributed by atoms with van der Waals surface area (Å²) < 4.78 is 42.3. The summed E-state index contributed by atoms with van der Waals surface area (Å²) in [5, 5.41) is 28.8. The number of nitriles is 1. The zero-order chi connectivity index (χ0) is 26.0. The van der Waals surface area contributed by atoms with Crippen LogP contribution in [-0.2, 0) is 6.54 Å². The highest BCUT2D eigenvalue weighted by molar-refractivity contribution is 5.53. The number of benzene rings is 1. The van der Waals surface area contributed by atoms with E-state index in [9.17, 15) is 23.5 Å². The highest BCUT2D eigenvalue weighted by Gasteiger charge is 2.54. The number of anilines is 2. The van der Waals surface area contributed by atoms with Gasteiger partial charge in [-0.3, -0.25) is 0 Å². The number of halogens is 3. The Kier molecular flexibility index (Phi) is 7.14. The van der Waals surface area contributed by atoms with Crippen LogP contribution in [0.5, 0.6) is 5.75 Å². The maximum atomic E-state index is 12.7. The Labute approximate surface area is 213 Å². The molecule has 11 heteroatoms. The van der Waals surface area contributed by atoms with Gasteiger partial charge in [-0.15, -0.1) is 13.2 Å². The molecular formula is C26H31F3N6O2. The number of ether oxygens (including phenoxy) is 1. The second-order valence-corrected chi connectivity index (χ2v) is 10.6. The fourth-order valence-electron chi connectivity index (χ4n) is 6.98. The fraction of sp³-hybridized carbons (Fsp3) is 0.577. The van der Waals surface area contributed by atoms with Crippen molar-refractivity contribution >= 4 is 11.8 Å². The third-order valence-electron chi connectivity index (χ3n) is 8.07. The van der Waals surface area contributed by atoms with Crippen LogP contribution in [0.4, 0.5) is 24.9 Å². The minimum absolute atomic E-state index is 0.0226. The molecule has 0 radical (unpaired) electrons. The summed E-state index contributed by atoms with van der Waals surface area (Å²) in [5.74, 6) is 2.24. The molecule has 0 amide bonds. The molecule has 4 aliphatic rings. The van der Waals surface area contributed by atoms with Crippen LogP contribution in [0.3, 0.4) is 0 Å². The molecule has 0 spiro atoms. The van der Waals surface area contributed by atoms with Crippen LogP contribution < -0.4 is 20.7 Å². The van der Waals surface area contributed by atoms with Gasteiger partial charge in [0.25, 0.3) is 0 Å². The molecule has 4 N–H and O–H groups in total. The Morgan fingerprint density at radius 3 is 2.59 bits per heavy atom. The normalized spacial score (nSPS) is 28.1. The van der Waals surface area contributed by atoms with Gasteiger partial charge >= 0.3 is 6.36 Å². The molecule has 1 aromatic heterocycles. The van der Waals surface area contributed by atoms with E-state index in [0.717, 1.165) is 19.3 Å². The van der Waals surface area contributed by atoms with Crippen molar-refractivity contribution in [3.05, 3.63) is 41.6 Å². The van der Waals surface area contributed by atoms with Crippen LogP contribution >= 0.6 is 0 Å². The summed E-state index contributed by atoms with van der Waals surface area (Å²) in [5.41, 5.74) is 0.770. The Balaban J connectivity index is 1.25. The second kappa shape index (κ2) is 10.3. The lowest BCUT2D eigenvalue weighted by atomic mass is 9.48. The summed E-state index contributed by atoms with van der Waals surface area (Å²) in [6.07, 6.45) is 2.45. The van der Waals surface area contributed by atoms with Gasteiger partial charge in [-0.25, -0.2) is 4.98 Å². The minimum Gasteiger partial charge on any atom is -0.405 e. The zero-order valence-electron chi connectivity index (χ0n) is 20.4. The second-order valence-electron chi connectivity index (χ2n) is 10.6. The average Bonchev–Trinajstić information content (AvgIpc) is 2.85. The topological polar surface area (TPSA) is 115 Å². The number of aromatic nitrogens is 2. The minimum atomic E-state index is -4.79. The molecule has 5 atom stereocenters. The van der Waals surface area contributed by atoms with Crippen molar-refractivity contribution in [3.8, 4) is 11.8 Å². The maximum absolute atomic E-state index is 12.7. The van der Waals surface area contributed by atoms with Gasteiger partial charge in [-0.1, -0.05) is 18.2 Å². The largest absolute Gasteiger partial charge is 0.573 e. The summed E-state index contributed by atoms with van der Waals surface area (Å²) in [4.78, 5) is 8.64. The van der Waals surface area contributed by atoms with Gasteiger partial charge in [-0.2, -0.15) is 10.2 Å². The van der Waals surface area contributed by atoms with Crippen LogP contribution in [0.2, 0.25) is 0 Å². The van der Waals surface area contributed by atoms with Crippen molar-refractivity contribution in [2.45, 2.75) is 51.1 Å². The number of nitrogens with zero attached hydrogens (tertiary/aromatic N) is 3. The van der Waals surface area contributed by atoms with Crippen LogP contribution in [-0.4, -0.2) is 47.2 Å². The van der Waals surface area contributed by atoms with Crippen molar-refractivity contribution in [1.82, 2.24) is 15.3 Å². The van der Waals surface area contributed by atoms with E-state index in [1.165, 1.54) is 37.2 Å². The number of aliphatic hydroxyl groups excluding tert-OH is 1. The molecule has 198 valence electrons. The molecule has 1 unspecified atom stereocenters. The first kappa shape index (κ1) is 25.5. The highest BCUT2D eigenvalue weighted by atomic mass is 19.4. The smallest absolute Gasteiger partial charge is 0.405 e. The molecule has 6 rings (SSSR count). The maximum Gasteiger partial charge on any atom is 0.573 e. The summed E-state index contributed by atoms with van der Waals surface area (Å²) in [6, 6.07) is 8.48. The van der Waals surface area contributed by atoms with E-state index in [2.05, 4.69) is 36.7 Å². The molecule has 4 aliphatic carbocycles. The van der Waals surface area contributed by atoms with E-state index in [1.54, 1.807) is 6.07 Å². The lowest BCUT2D eigenvalue weighted by molar-refractivity contribution is -0.274. The molecule has 2 aromatic rings. The van der Waals surface area contributed by atoms with E-state index in [4.69, 9.17) is 0 Å². The Morgan fingerprint density at radius 1 is 1.14 bits per heavy atom. The predicted octanol–water partition coefficient (Wildman–Crippen LogP) is 4.05. The summed E-state index contributed by atoms with van der Waals surface area (Å²) in [7, 11) is 0. The van der Waals surface area contributed by atoms with Gasteiger partial charge in [0.15, 0.2) is 0 Å². The molecule has 4 saturated carbocycles. The average molecular weight is 517 g/mol. The van der Waals surface area contributed by atoms with Gasteiger partial charge < -0.3 is 25.8 Å². The number of hydrogen-bond acceptors (Lipinski definition) is 8. The molecule has 37 heavy (non-hydrogen) atoms. The van der Waals surface area contributed by atoms with Crippen LogP contribution in [0, 0.1) is 34.5 Å². The summed E-state index contributed by atoms with van der Waals surface area (Å²) in [6.45, 7) is 1.50. The third kappa shape index (κ3) is 5.75. The third-order valence-corrected chi connectivity index (χ3v) is 8.07. The van der Waals surface area contributed by atoms with Crippen molar-refractivity contribution in [2.75, 3.05) is 30.3 Å². The Hall–Kier alpha value is -3.10. The van der Waals surface area contributed by atoms with E-state index in [1.807, 2.05) is 0 Å².